The van der Waals surface area contributed by atoms with Crippen LogP contribution in [-0.4, -0.2) is 17.6 Å². The maximum atomic E-state index is 11.9. The van der Waals surface area contributed by atoms with E-state index in [9.17, 15) is 9.90 Å². The molecule has 1 amide bonds. The predicted molar refractivity (Wildman–Crippen MR) is 83.3 cm³/mol. The van der Waals surface area contributed by atoms with Gasteiger partial charge in [0.25, 0.3) is 5.91 Å². The van der Waals surface area contributed by atoms with Crippen molar-refractivity contribution < 1.29 is 9.90 Å². The second kappa shape index (κ2) is 6.77. The van der Waals surface area contributed by atoms with Crippen molar-refractivity contribution in [2.45, 2.75) is 6.42 Å². The number of phenols is 1. The van der Waals surface area contributed by atoms with Crippen LogP contribution in [0.3, 0.4) is 0 Å². The number of aromatic hydroxyl groups is 1. The summed E-state index contributed by atoms with van der Waals surface area (Å²) < 4.78 is 0.748. The summed E-state index contributed by atoms with van der Waals surface area (Å²) in [4.78, 5) is 11.9. The first kappa shape index (κ1) is 14.9. The van der Waals surface area contributed by atoms with Crippen LogP contribution in [0.2, 0.25) is 5.02 Å². The van der Waals surface area contributed by atoms with E-state index in [0.717, 1.165) is 10.0 Å². The van der Waals surface area contributed by atoms with E-state index in [1.54, 1.807) is 12.1 Å². The third-order valence-electron chi connectivity index (χ3n) is 2.82. The number of halogens is 2. The predicted octanol–water partition coefficient (Wildman–Crippen LogP) is 3.78. The highest BCUT2D eigenvalue weighted by atomic mass is 79.9. The van der Waals surface area contributed by atoms with Gasteiger partial charge in [0.05, 0.1) is 5.56 Å². The summed E-state index contributed by atoms with van der Waals surface area (Å²) in [5, 5.41) is 13.1. The Labute approximate surface area is 130 Å². The molecule has 0 saturated carbocycles. The van der Waals surface area contributed by atoms with Crippen LogP contribution in [0.4, 0.5) is 0 Å². The van der Waals surface area contributed by atoms with Crippen LogP contribution in [0, 0.1) is 0 Å². The molecule has 0 aromatic heterocycles. The average molecular weight is 355 g/mol. The number of hydrogen-bond acceptors (Lipinski definition) is 2. The minimum absolute atomic E-state index is 0.0304. The Morgan fingerprint density at radius 2 is 1.90 bits per heavy atom. The third-order valence-corrected chi connectivity index (χ3v) is 3.56. The lowest BCUT2D eigenvalue weighted by Crippen LogP contribution is -2.25. The quantitative estimate of drug-likeness (QED) is 0.878. The van der Waals surface area contributed by atoms with E-state index in [1.165, 1.54) is 6.07 Å². The van der Waals surface area contributed by atoms with Gasteiger partial charge < -0.3 is 10.4 Å². The largest absolute Gasteiger partial charge is 0.507 e. The van der Waals surface area contributed by atoms with Gasteiger partial charge in [0.1, 0.15) is 5.75 Å². The number of carbonyl (C=O) groups is 1. The summed E-state index contributed by atoms with van der Waals surface area (Å²) in [5.41, 5.74) is 1.35. The zero-order valence-electron chi connectivity index (χ0n) is 10.6. The van der Waals surface area contributed by atoms with Crippen LogP contribution in [0.1, 0.15) is 15.9 Å². The molecule has 0 aliphatic carbocycles. The topological polar surface area (TPSA) is 49.3 Å². The normalized spacial score (nSPS) is 10.3. The minimum atomic E-state index is -0.294. The Morgan fingerprint density at radius 3 is 2.60 bits per heavy atom. The molecular weight excluding hydrogens is 342 g/mol. The van der Waals surface area contributed by atoms with Crippen molar-refractivity contribution >= 4 is 33.4 Å². The number of rotatable bonds is 4. The van der Waals surface area contributed by atoms with Crippen LogP contribution < -0.4 is 5.32 Å². The van der Waals surface area contributed by atoms with Crippen molar-refractivity contribution in [3.05, 3.63) is 63.1 Å². The van der Waals surface area contributed by atoms with E-state index in [-0.39, 0.29) is 17.2 Å². The van der Waals surface area contributed by atoms with Gasteiger partial charge in [-0.05, 0) is 42.3 Å². The molecule has 0 aliphatic heterocycles. The van der Waals surface area contributed by atoms with Crippen molar-refractivity contribution in [2.75, 3.05) is 6.54 Å². The molecule has 0 saturated heterocycles. The van der Waals surface area contributed by atoms with Gasteiger partial charge in [0.15, 0.2) is 0 Å². The van der Waals surface area contributed by atoms with Gasteiger partial charge in [0, 0.05) is 16.0 Å². The number of benzene rings is 2. The zero-order valence-corrected chi connectivity index (χ0v) is 12.9. The molecule has 3 nitrogen and oxygen atoms in total. The van der Waals surface area contributed by atoms with Crippen LogP contribution >= 0.6 is 27.5 Å². The summed E-state index contributed by atoms with van der Waals surface area (Å²) in [7, 11) is 0. The first-order valence-electron chi connectivity index (χ1n) is 6.07. The molecule has 0 bridgehead atoms. The van der Waals surface area contributed by atoms with Crippen molar-refractivity contribution in [1.29, 1.82) is 0 Å². The van der Waals surface area contributed by atoms with Gasteiger partial charge in [-0.3, -0.25) is 4.79 Å². The number of carbonyl (C=O) groups excluding carboxylic acids is 1. The maximum Gasteiger partial charge on any atom is 0.255 e. The van der Waals surface area contributed by atoms with Crippen molar-refractivity contribution in [3.63, 3.8) is 0 Å². The maximum absolute atomic E-state index is 11.9. The van der Waals surface area contributed by atoms with Crippen molar-refractivity contribution in [2.24, 2.45) is 0 Å². The average Bonchev–Trinajstić information content (AvgIpc) is 2.43. The van der Waals surface area contributed by atoms with E-state index in [1.807, 2.05) is 24.3 Å². The third kappa shape index (κ3) is 3.99. The van der Waals surface area contributed by atoms with Crippen LogP contribution in [0.5, 0.6) is 5.75 Å². The highest BCUT2D eigenvalue weighted by molar-refractivity contribution is 9.10. The monoisotopic (exact) mass is 353 g/mol. The summed E-state index contributed by atoms with van der Waals surface area (Å²) in [5.74, 6) is -0.324. The second-order valence-corrected chi connectivity index (χ2v) is 5.65. The van der Waals surface area contributed by atoms with E-state index in [4.69, 9.17) is 11.6 Å². The molecule has 0 fully saturated rings. The molecule has 0 aliphatic rings. The smallest absolute Gasteiger partial charge is 0.255 e. The van der Waals surface area contributed by atoms with Gasteiger partial charge in [-0.25, -0.2) is 0 Å². The summed E-state index contributed by atoms with van der Waals surface area (Å²) >= 11 is 9.08. The fraction of sp³-hybridized carbons (Fsp3) is 0.133. The molecule has 20 heavy (non-hydrogen) atoms. The van der Waals surface area contributed by atoms with E-state index in [0.29, 0.717) is 18.0 Å². The molecule has 104 valence electrons. The van der Waals surface area contributed by atoms with Gasteiger partial charge in [0.2, 0.25) is 0 Å². The second-order valence-electron chi connectivity index (χ2n) is 4.29. The van der Waals surface area contributed by atoms with Gasteiger partial charge in [-0.2, -0.15) is 0 Å². The van der Waals surface area contributed by atoms with E-state index in [2.05, 4.69) is 21.2 Å². The van der Waals surface area contributed by atoms with Crippen LogP contribution in [-0.2, 0) is 6.42 Å². The first-order valence-corrected chi connectivity index (χ1v) is 7.24. The SMILES string of the molecule is O=C(NCCc1ccc(Cl)cc1)c1cc(Br)ccc1O. The lowest BCUT2D eigenvalue weighted by Gasteiger charge is -2.07. The fourth-order valence-corrected chi connectivity index (χ4v) is 2.24. The van der Waals surface area contributed by atoms with Gasteiger partial charge >= 0.3 is 0 Å². The summed E-state index contributed by atoms with van der Waals surface area (Å²) in [6.07, 6.45) is 0.706. The first-order chi connectivity index (χ1) is 9.56. The molecule has 0 heterocycles. The molecule has 5 heteroatoms. The minimum Gasteiger partial charge on any atom is -0.507 e. The Morgan fingerprint density at radius 1 is 1.20 bits per heavy atom. The molecule has 2 aromatic rings. The molecule has 0 unspecified atom stereocenters. The Hall–Kier alpha value is -1.52. The fourth-order valence-electron chi connectivity index (χ4n) is 1.76. The number of hydrogen-bond donors (Lipinski definition) is 2. The summed E-state index contributed by atoms with van der Waals surface area (Å²) in [6.45, 7) is 0.492. The van der Waals surface area contributed by atoms with Crippen LogP contribution in [0.15, 0.2) is 46.9 Å². The Balaban J connectivity index is 1.92. The molecule has 2 aromatic carbocycles. The highest BCUT2D eigenvalue weighted by Crippen LogP contribution is 2.21. The van der Waals surface area contributed by atoms with Crippen molar-refractivity contribution in [1.82, 2.24) is 5.32 Å². The number of nitrogens with one attached hydrogen (secondary N) is 1. The Bertz CT molecular complexity index is 614. The Kier molecular flexibility index (Phi) is 5.04. The van der Waals surface area contributed by atoms with E-state index < -0.39 is 0 Å². The lowest BCUT2D eigenvalue weighted by molar-refractivity contribution is 0.0951. The molecular formula is C15H13BrClNO2. The highest BCUT2D eigenvalue weighted by Gasteiger charge is 2.10. The lowest BCUT2D eigenvalue weighted by atomic mass is 10.1. The number of phenolic OH excluding ortho intramolecular Hbond substituents is 1. The van der Waals surface area contributed by atoms with Gasteiger partial charge in [-0.1, -0.05) is 39.7 Å². The summed E-state index contributed by atoms with van der Waals surface area (Å²) in [6, 6.07) is 12.2. The van der Waals surface area contributed by atoms with E-state index >= 15 is 0 Å². The molecule has 0 radical (unpaired) electrons. The molecule has 0 spiro atoms. The van der Waals surface area contributed by atoms with Crippen molar-refractivity contribution in [3.8, 4) is 5.75 Å². The zero-order chi connectivity index (χ0) is 14.5. The molecule has 2 N–H and O–H groups in total. The van der Waals surface area contributed by atoms with Crippen LogP contribution in [0.25, 0.3) is 0 Å². The molecule has 2 rings (SSSR count). The van der Waals surface area contributed by atoms with Gasteiger partial charge in [-0.15, -0.1) is 0 Å². The number of amides is 1. The standard InChI is InChI=1S/C15H13BrClNO2/c16-11-3-6-14(19)13(9-11)15(20)18-8-7-10-1-4-12(17)5-2-10/h1-6,9,19H,7-8H2,(H,18,20). The molecule has 0 atom stereocenters.